The summed E-state index contributed by atoms with van der Waals surface area (Å²) in [6.45, 7) is 4.62. The van der Waals surface area contributed by atoms with Gasteiger partial charge in [-0.05, 0) is 36.1 Å². The van der Waals surface area contributed by atoms with E-state index in [0.29, 0.717) is 23.3 Å². The molecule has 2 aromatic carbocycles. The Morgan fingerprint density at radius 2 is 1.88 bits per heavy atom. The first kappa shape index (κ1) is 22.6. The summed E-state index contributed by atoms with van der Waals surface area (Å²) in [5, 5.41) is 11.5. The van der Waals surface area contributed by atoms with Gasteiger partial charge in [-0.2, -0.15) is 0 Å². The molecular formula is C27H29NO5. The Balaban J connectivity index is 1.77. The van der Waals surface area contributed by atoms with E-state index in [0.717, 1.165) is 36.8 Å². The molecular weight excluding hydrogens is 418 g/mol. The number of benzene rings is 2. The Kier molecular flexibility index (Phi) is 6.54. The zero-order valence-electron chi connectivity index (χ0n) is 19.3. The van der Waals surface area contributed by atoms with E-state index in [1.54, 1.807) is 17.0 Å². The molecule has 1 unspecified atom stereocenters. The lowest BCUT2D eigenvalue weighted by molar-refractivity contribution is -0.129. The molecule has 1 atom stereocenters. The third-order valence-corrected chi connectivity index (χ3v) is 6.21. The second kappa shape index (κ2) is 9.53. The molecule has 0 saturated heterocycles. The van der Waals surface area contributed by atoms with Gasteiger partial charge in [0.2, 0.25) is 5.78 Å². The summed E-state index contributed by atoms with van der Waals surface area (Å²) in [7, 11) is 1.53. The second-order valence-corrected chi connectivity index (χ2v) is 8.28. The van der Waals surface area contributed by atoms with Gasteiger partial charge in [-0.3, -0.25) is 9.59 Å². The molecule has 1 aromatic heterocycles. The first-order chi connectivity index (χ1) is 16.0. The molecule has 0 aliphatic carbocycles. The van der Waals surface area contributed by atoms with E-state index in [2.05, 4.69) is 13.8 Å². The van der Waals surface area contributed by atoms with Crippen LogP contribution >= 0.6 is 0 Å². The number of para-hydroxylation sites is 1. The van der Waals surface area contributed by atoms with Crippen LogP contribution in [-0.4, -0.2) is 35.4 Å². The van der Waals surface area contributed by atoms with Crippen LogP contribution in [-0.2, 0) is 11.2 Å². The van der Waals surface area contributed by atoms with E-state index in [1.807, 2.05) is 36.4 Å². The summed E-state index contributed by atoms with van der Waals surface area (Å²) in [5.41, 5.74) is 2.46. The van der Waals surface area contributed by atoms with Gasteiger partial charge in [0.15, 0.2) is 22.9 Å². The normalized spacial score (nSPS) is 16.2. The number of amides is 1. The van der Waals surface area contributed by atoms with E-state index in [-0.39, 0.29) is 11.3 Å². The van der Waals surface area contributed by atoms with Gasteiger partial charge >= 0.3 is 0 Å². The molecule has 33 heavy (non-hydrogen) atoms. The smallest absolute Gasteiger partial charge is 0.290 e. The fraction of sp³-hybridized carbons (Fsp3) is 0.333. The number of aliphatic hydroxyl groups excluding tert-OH is 1. The molecule has 1 aliphatic rings. The Labute approximate surface area is 193 Å². The van der Waals surface area contributed by atoms with Gasteiger partial charge in [0.1, 0.15) is 0 Å². The zero-order chi connectivity index (χ0) is 23.5. The largest absolute Gasteiger partial charge is 0.503 e. The summed E-state index contributed by atoms with van der Waals surface area (Å²) >= 11 is 0. The number of ether oxygens (including phenoxy) is 1. The number of methoxy groups -OCH3 is 1. The molecule has 6 nitrogen and oxygen atoms in total. The monoisotopic (exact) mass is 447 g/mol. The highest BCUT2D eigenvalue weighted by Gasteiger charge is 2.44. The number of carbonyl (C=O) groups is 2. The first-order valence-corrected chi connectivity index (χ1v) is 11.4. The van der Waals surface area contributed by atoms with E-state index < -0.39 is 23.5 Å². The van der Waals surface area contributed by atoms with Crippen LogP contribution in [0.1, 0.15) is 60.8 Å². The van der Waals surface area contributed by atoms with Crippen molar-refractivity contribution in [3.63, 3.8) is 0 Å². The fourth-order valence-electron chi connectivity index (χ4n) is 4.37. The maximum atomic E-state index is 13.6. The van der Waals surface area contributed by atoms with Crippen LogP contribution in [0.25, 0.3) is 11.0 Å². The predicted octanol–water partition coefficient (Wildman–Crippen LogP) is 5.77. The number of aryl methyl sites for hydroxylation is 1. The van der Waals surface area contributed by atoms with E-state index in [9.17, 15) is 14.7 Å². The van der Waals surface area contributed by atoms with Gasteiger partial charge in [-0.25, -0.2) is 0 Å². The minimum atomic E-state index is -0.664. The van der Waals surface area contributed by atoms with Crippen LogP contribution in [0, 0.1) is 0 Å². The maximum Gasteiger partial charge on any atom is 0.290 e. The van der Waals surface area contributed by atoms with Crippen LogP contribution in [0.15, 0.2) is 64.3 Å². The fourth-order valence-corrected chi connectivity index (χ4v) is 4.37. The van der Waals surface area contributed by atoms with Gasteiger partial charge in [0, 0.05) is 11.9 Å². The van der Waals surface area contributed by atoms with Crippen LogP contribution in [0.4, 0.5) is 0 Å². The highest BCUT2D eigenvalue weighted by molar-refractivity contribution is 6.16. The topological polar surface area (TPSA) is 80.0 Å². The molecule has 0 saturated carbocycles. The van der Waals surface area contributed by atoms with Gasteiger partial charge in [0.05, 0.1) is 18.7 Å². The number of fused-ring (bicyclic) bond motifs is 1. The average Bonchev–Trinajstić information content (AvgIpc) is 3.39. The summed E-state index contributed by atoms with van der Waals surface area (Å²) in [5.74, 6) is -0.947. The maximum absolute atomic E-state index is 13.6. The molecule has 2 heterocycles. The van der Waals surface area contributed by atoms with Crippen molar-refractivity contribution in [3.8, 4) is 5.75 Å². The van der Waals surface area contributed by atoms with Crippen molar-refractivity contribution in [1.82, 2.24) is 4.90 Å². The Morgan fingerprint density at radius 1 is 1.12 bits per heavy atom. The van der Waals surface area contributed by atoms with Gasteiger partial charge in [-0.15, -0.1) is 0 Å². The number of carbonyl (C=O) groups excluding carboxylic acids is 2. The number of nitrogens with zero attached hydrogens (tertiary/aromatic N) is 1. The van der Waals surface area contributed by atoms with Crippen LogP contribution in [0.2, 0.25) is 0 Å². The highest BCUT2D eigenvalue weighted by Crippen LogP contribution is 2.40. The molecule has 1 amide bonds. The number of Topliss-reactive ketones (excluding diaryl/α,β-unsaturated/α-hetero) is 1. The van der Waals surface area contributed by atoms with Crippen molar-refractivity contribution >= 4 is 22.7 Å². The number of hydrogen-bond donors (Lipinski definition) is 1. The Hall–Kier alpha value is -3.54. The lowest BCUT2D eigenvalue weighted by Gasteiger charge is -2.26. The molecule has 3 aromatic rings. The standard InChI is InChI=1S/C27H29NO5/c1-4-6-7-15-28-23(18-13-11-17(5-2)12-14-18)22(25(30)27(28)31)24(29)21-16-19-9-8-10-20(32-3)26(19)33-21/h8-14,16,23,30H,4-7,15H2,1-3H3. The van der Waals surface area contributed by atoms with Crippen molar-refractivity contribution < 1.29 is 23.8 Å². The third-order valence-electron chi connectivity index (χ3n) is 6.21. The lowest BCUT2D eigenvalue weighted by atomic mass is 9.94. The number of furan rings is 1. The van der Waals surface area contributed by atoms with Gasteiger partial charge in [-0.1, -0.05) is 63.1 Å². The summed E-state index contributed by atoms with van der Waals surface area (Å²) in [4.78, 5) is 28.3. The van der Waals surface area contributed by atoms with Crippen molar-refractivity contribution in [2.75, 3.05) is 13.7 Å². The average molecular weight is 448 g/mol. The number of unbranched alkanes of at least 4 members (excludes halogenated alkanes) is 2. The highest BCUT2D eigenvalue weighted by atomic mass is 16.5. The minimum absolute atomic E-state index is 0.0544. The number of rotatable bonds is 9. The molecule has 0 spiro atoms. The molecule has 0 radical (unpaired) electrons. The summed E-state index contributed by atoms with van der Waals surface area (Å²) in [6.07, 6.45) is 3.64. The van der Waals surface area contributed by atoms with Crippen LogP contribution in [0.3, 0.4) is 0 Å². The van der Waals surface area contributed by atoms with Crippen LogP contribution < -0.4 is 4.74 Å². The van der Waals surface area contributed by atoms with Crippen LogP contribution in [0.5, 0.6) is 5.75 Å². The zero-order valence-corrected chi connectivity index (χ0v) is 19.3. The van der Waals surface area contributed by atoms with E-state index in [1.165, 1.54) is 7.11 Å². The summed E-state index contributed by atoms with van der Waals surface area (Å²) < 4.78 is 11.2. The van der Waals surface area contributed by atoms with Gasteiger partial charge < -0.3 is 19.2 Å². The molecule has 1 N–H and O–H groups in total. The molecule has 4 rings (SSSR count). The predicted molar refractivity (Wildman–Crippen MR) is 127 cm³/mol. The molecule has 172 valence electrons. The second-order valence-electron chi connectivity index (χ2n) is 8.28. The van der Waals surface area contributed by atoms with Crippen molar-refractivity contribution in [3.05, 3.63) is 76.8 Å². The van der Waals surface area contributed by atoms with E-state index >= 15 is 0 Å². The first-order valence-electron chi connectivity index (χ1n) is 11.4. The minimum Gasteiger partial charge on any atom is -0.503 e. The SMILES string of the molecule is CCCCCN1C(=O)C(O)=C(C(=O)c2cc3cccc(OC)c3o2)C1c1ccc(CC)cc1. The summed E-state index contributed by atoms with van der Waals surface area (Å²) in [6, 6.07) is 14.2. The number of ketones is 1. The molecule has 0 fully saturated rings. The third kappa shape index (κ3) is 4.13. The quantitative estimate of drug-likeness (QED) is 0.333. The Bertz CT molecular complexity index is 1200. The lowest BCUT2D eigenvalue weighted by Crippen LogP contribution is -2.32. The molecule has 6 heteroatoms. The molecule has 1 aliphatic heterocycles. The van der Waals surface area contributed by atoms with Gasteiger partial charge in [0.25, 0.3) is 5.91 Å². The van der Waals surface area contributed by atoms with Crippen molar-refractivity contribution in [2.45, 2.75) is 45.6 Å². The van der Waals surface area contributed by atoms with Crippen molar-refractivity contribution in [2.24, 2.45) is 0 Å². The van der Waals surface area contributed by atoms with Crippen molar-refractivity contribution in [1.29, 1.82) is 0 Å². The molecule has 0 bridgehead atoms. The van der Waals surface area contributed by atoms with E-state index in [4.69, 9.17) is 9.15 Å². The number of hydrogen-bond acceptors (Lipinski definition) is 5. The Morgan fingerprint density at radius 3 is 2.55 bits per heavy atom. The number of aliphatic hydroxyl groups is 1.